The van der Waals surface area contributed by atoms with E-state index in [-0.39, 0.29) is 6.29 Å². The lowest BCUT2D eigenvalue weighted by Gasteiger charge is -2.59. The number of halogens is 2. The van der Waals surface area contributed by atoms with E-state index in [1.165, 1.54) is 12.0 Å². The summed E-state index contributed by atoms with van der Waals surface area (Å²) in [5, 5.41) is 1.24. The maximum absolute atomic E-state index is 6.33. The first-order valence-corrected chi connectivity index (χ1v) is 11.8. The third kappa shape index (κ3) is 3.44. The zero-order valence-electron chi connectivity index (χ0n) is 17.2. The average Bonchev–Trinajstić information content (AvgIpc) is 2.93. The van der Waals surface area contributed by atoms with Gasteiger partial charge in [-0.3, -0.25) is 0 Å². The molecule has 0 N–H and O–H groups in total. The Kier molecular flexibility index (Phi) is 5.42. The second-order valence-corrected chi connectivity index (χ2v) is 10.5. The monoisotopic (exact) mass is 440 g/mol. The molecule has 4 heterocycles. The lowest BCUT2D eigenvalue weighted by atomic mass is 9.57. The molecule has 29 heavy (non-hydrogen) atoms. The molecule has 5 aliphatic rings. The van der Waals surface area contributed by atoms with Crippen LogP contribution in [-0.4, -0.2) is 24.3 Å². The van der Waals surface area contributed by atoms with Crippen LogP contribution in [0.25, 0.3) is 0 Å². The summed E-state index contributed by atoms with van der Waals surface area (Å²) in [7, 11) is 0. The summed E-state index contributed by atoms with van der Waals surface area (Å²) in [5.41, 5.74) is 0.772. The molecule has 1 spiro atoms. The molecular weight excluding hydrogens is 411 g/mol. The van der Waals surface area contributed by atoms with Gasteiger partial charge < -0.3 is 9.47 Å². The molecule has 0 unspecified atom stereocenters. The van der Waals surface area contributed by atoms with Gasteiger partial charge in [-0.2, -0.15) is 0 Å². The van der Waals surface area contributed by atoms with E-state index in [0.717, 1.165) is 45.1 Å². The fraction of sp³-hybridized carbons (Fsp3) is 0.739. The Morgan fingerprint density at radius 1 is 1.07 bits per heavy atom. The van der Waals surface area contributed by atoms with Crippen LogP contribution in [0.2, 0.25) is 10.0 Å². The zero-order valence-corrected chi connectivity index (χ0v) is 18.7. The van der Waals surface area contributed by atoms with E-state index in [9.17, 15) is 0 Å². The van der Waals surface area contributed by atoms with Crippen LogP contribution in [-0.2, 0) is 25.7 Å². The Morgan fingerprint density at radius 3 is 2.76 bits per heavy atom. The molecule has 1 aliphatic carbocycles. The van der Waals surface area contributed by atoms with E-state index in [4.69, 9.17) is 42.5 Å². The lowest BCUT2D eigenvalue weighted by molar-refractivity contribution is -0.567. The highest BCUT2D eigenvalue weighted by atomic mass is 35.5. The number of hydrogen-bond donors (Lipinski definition) is 0. The lowest BCUT2D eigenvalue weighted by Crippen LogP contribution is -2.69. The van der Waals surface area contributed by atoms with E-state index in [1.807, 2.05) is 19.1 Å². The van der Waals surface area contributed by atoms with Crippen LogP contribution >= 0.6 is 23.2 Å². The molecular formula is C23H30Cl2O4. The first kappa shape index (κ1) is 20.5. The highest BCUT2D eigenvalue weighted by molar-refractivity contribution is 6.42. The Labute approximate surface area is 183 Å². The second-order valence-electron chi connectivity index (χ2n) is 9.64. The highest BCUT2D eigenvalue weighted by Gasteiger charge is 2.68. The fourth-order valence-electron chi connectivity index (χ4n) is 6.27. The Hall–Kier alpha value is -0.360. The predicted octanol–water partition coefficient (Wildman–Crippen LogP) is 6.18. The molecule has 4 nitrogen and oxygen atoms in total. The van der Waals surface area contributed by atoms with E-state index >= 15 is 0 Å². The number of aryl methyl sites for hydroxylation is 1. The van der Waals surface area contributed by atoms with Crippen LogP contribution in [0.3, 0.4) is 0 Å². The molecule has 1 aromatic rings. The first-order valence-electron chi connectivity index (χ1n) is 11.0. The van der Waals surface area contributed by atoms with Crippen LogP contribution in [0.1, 0.15) is 57.9 Å². The molecule has 5 fully saturated rings. The molecule has 0 amide bonds. The molecule has 2 bridgehead atoms. The Morgan fingerprint density at radius 2 is 1.93 bits per heavy atom. The van der Waals surface area contributed by atoms with Crippen molar-refractivity contribution >= 4 is 23.2 Å². The molecule has 0 aromatic heterocycles. The molecule has 6 rings (SSSR count). The van der Waals surface area contributed by atoms with Crippen molar-refractivity contribution in [3.63, 3.8) is 0 Å². The van der Waals surface area contributed by atoms with Crippen LogP contribution in [0.15, 0.2) is 18.2 Å². The van der Waals surface area contributed by atoms with Gasteiger partial charge in [0.1, 0.15) is 0 Å². The molecule has 7 atom stereocenters. The molecule has 0 radical (unpaired) electrons. The summed E-state index contributed by atoms with van der Waals surface area (Å²) in [5.74, 6) is 1.21. The molecule has 4 aliphatic heterocycles. The Bertz CT molecular complexity index is 773. The smallest absolute Gasteiger partial charge is 0.201 e. The van der Waals surface area contributed by atoms with Crippen LogP contribution in [0.5, 0.6) is 0 Å². The highest BCUT2D eigenvalue weighted by Crippen LogP contribution is 2.60. The SMILES string of the molecule is C[C@@H]1CC[C@H]2[C@@H](CCCc3ccc(Cl)c(Cl)c3)CO[C@@H]3O[C@@]4(C)CC[C@@H]1[C@]32OO4. The third-order valence-electron chi connectivity index (χ3n) is 7.83. The Balaban J connectivity index is 1.32. The van der Waals surface area contributed by atoms with Gasteiger partial charge in [0, 0.05) is 12.3 Å². The van der Waals surface area contributed by atoms with Gasteiger partial charge in [0.25, 0.3) is 0 Å². The van der Waals surface area contributed by atoms with E-state index < -0.39 is 11.4 Å². The van der Waals surface area contributed by atoms with Crippen molar-refractivity contribution in [1.29, 1.82) is 0 Å². The van der Waals surface area contributed by atoms with Crippen LogP contribution in [0, 0.1) is 23.7 Å². The van der Waals surface area contributed by atoms with Crippen molar-refractivity contribution in [3.05, 3.63) is 33.8 Å². The summed E-state index contributed by atoms with van der Waals surface area (Å²) in [4.78, 5) is 12.1. The predicted molar refractivity (Wildman–Crippen MR) is 112 cm³/mol. The van der Waals surface area contributed by atoms with Crippen molar-refractivity contribution in [2.75, 3.05) is 6.61 Å². The number of hydrogen-bond acceptors (Lipinski definition) is 4. The van der Waals surface area contributed by atoms with Gasteiger partial charge in [0.05, 0.1) is 16.7 Å². The van der Waals surface area contributed by atoms with Gasteiger partial charge in [-0.05, 0) is 80.9 Å². The summed E-state index contributed by atoms with van der Waals surface area (Å²) < 4.78 is 12.6. The number of benzene rings is 1. The van der Waals surface area contributed by atoms with Crippen molar-refractivity contribution in [1.82, 2.24) is 0 Å². The minimum atomic E-state index is -0.682. The zero-order chi connectivity index (χ0) is 20.2. The van der Waals surface area contributed by atoms with E-state index in [2.05, 4.69) is 13.0 Å². The van der Waals surface area contributed by atoms with Crippen LogP contribution < -0.4 is 0 Å². The molecule has 6 heteroatoms. The van der Waals surface area contributed by atoms with Crippen molar-refractivity contribution in [2.45, 2.75) is 76.5 Å². The standard InChI is InChI=1S/C23H30Cl2O4/c1-14-6-8-18-16(5-3-4-15-7-9-19(24)20(25)12-15)13-26-21-23(18)17(14)10-11-22(2,27-21)28-29-23/h7,9,12,14,16-18,21H,3-6,8,10-11,13H2,1-2H3/t14-,16+,17+,18+,21-,22-,23-/m1/s1. The minimum absolute atomic E-state index is 0.312. The van der Waals surface area contributed by atoms with Crippen molar-refractivity contribution in [3.8, 4) is 0 Å². The normalized spacial score (nSPS) is 43.7. The largest absolute Gasteiger partial charge is 0.349 e. The molecule has 160 valence electrons. The quantitative estimate of drug-likeness (QED) is 0.523. The first-order chi connectivity index (χ1) is 13.9. The third-order valence-corrected chi connectivity index (χ3v) is 8.57. The van der Waals surface area contributed by atoms with E-state index in [0.29, 0.717) is 33.7 Å². The van der Waals surface area contributed by atoms with Gasteiger partial charge in [-0.25, -0.2) is 9.78 Å². The van der Waals surface area contributed by atoms with Crippen molar-refractivity contribution in [2.24, 2.45) is 23.7 Å². The number of fused-ring (bicyclic) bond motifs is 2. The van der Waals surface area contributed by atoms with Gasteiger partial charge >= 0.3 is 0 Å². The van der Waals surface area contributed by atoms with Crippen LogP contribution in [0.4, 0.5) is 0 Å². The summed E-state index contributed by atoms with van der Waals surface area (Å²) >= 11 is 12.2. The molecule has 1 aromatic carbocycles. The molecule has 1 saturated carbocycles. The second kappa shape index (κ2) is 7.65. The average molecular weight is 441 g/mol. The number of ether oxygens (including phenoxy) is 2. The maximum atomic E-state index is 6.33. The van der Waals surface area contributed by atoms with Gasteiger partial charge in [-0.1, -0.05) is 36.2 Å². The van der Waals surface area contributed by atoms with Crippen molar-refractivity contribution < 1.29 is 19.2 Å². The summed E-state index contributed by atoms with van der Waals surface area (Å²) in [6, 6.07) is 5.93. The number of rotatable bonds is 4. The topological polar surface area (TPSA) is 36.9 Å². The van der Waals surface area contributed by atoms with Gasteiger partial charge in [0.15, 0.2) is 11.9 Å². The fourth-order valence-corrected chi connectivity index (χ4v) is 6.59. The van der Waals surface area contributed by atoms with E-state index in [1.54, 1.807) is 0 Å². The minimum Gasteiger partial charge on any atom is -0.349 e. The van der Waals surface area contributed by atoms with Gasteiger partial charge in [0.2, 0.25) is 5.79 Å². The van der Waals surface area contributed by atoms with Gasteiger partial charge in [-0.15, -0.1) is 0 Å². The molecule has 4 saturated heterocycles. The maximum Gasteiger partial charge on any atom is 0.201 e. The summed E-state index contributed by atoms with van der Waals surface area (Å²) in [6.45, 7) is 5.06. The summed E-state index contributed by atoms with van der Waals surface area (Å²) in [6.07, 6.45) is 7.19.